The summed E-state index contributed by atoms with van der Waals surface area (Å²) in [5.74, 6) is 0.748. The Balaban J connectivity index is 1.71. The first kappa shape index (κ1) is 13.3. The van der Waals surface area contributed by atoms with Crippen LogP contribution >= 0.6 is 22.9 Å². The molecule has 2 aromatic heterocycles. The van der Waals surface area contributed by atoms with E-state index in [1.165, 1.54) is 16.6 Å². The zero-order valence-electron chi connectivity index (χ0n) is 10.9. The summed E-state index contributed by atoms with van der Waals surface area (Å²) in [5, 5.41) is 4.80. The predicted octanol–water partition coefficient (Wildman–Crippen LogP) is 3.70. The van der Waals surface area contributed by atoms with Crippen LogP contribution in [0, 0.1) is 6.92 Å². The van der Waals surface area contributed by atoms with Crippen LogP contribution < -0.4 is 5.32 Å². The molecule has 0 aliphatic heterocycles. The number of aryl methyl sites for hydroxylation is 1. The van der Waals surface area contributed by atoms with Crippen LogP contribution in [0.1, 0.15) is 10.6 Å². The number of aromatic nitrogens is 3. The number of fused-ring (bicyclic) bond motifs is 1. The second-order valence-corrected chi connectivity index (χ2v) is 5.99. The highest BCUT2D eigenvalue weighted by molar-refractivity contribution is 7.18. The van der Waals surface area contributed by atoms with Crippen LogP contribution in [-0.4, -0.2) is 21.5 Å². The van der Waals surface area contributed by atoms with E-state index >= 15 is 0 Å². The number of nitrogens with zero attached hydrogens (tertiary/aromatic N) is 3. The molecule has 3 aromatic rings. The van der Waals surface area contributed by atoms with Gasteiger partial charge >= 0.3 is 0 Å². The third-order valence-electron chi connectivity index (χ3n) is 2.94. The fourth-order valence-corrected chi connectivity index (χ4v) is 3.18. The molecule has 102 valence electrons. The van der Waals surface area contributed by atoms with Crippen molar-refractivity contribution in [1.82, 2.24) is 15.0 Å². The standard InChI is InChI=1S/C14H13ClN4S/c1-9-19-11-4-2-3-10(14(11)20-9)5-6-16-13-7-12(15)17-8-18-13/h2-4,7-8H,5-6H2,1H3,(H,16,17,18). The third kappa shape index (κ3) is 2.89. The van der Waals surface area contributed by atoms with Crippen LogP contribution in [0.15, 0.2) is 30.6 Å². The maximum absolute atomic E-state index is 5.82. The highest BCUT2D eigenvalue weighted by atomic mass is 35.5. The van der Waals surface area contributed by atoms with Crippen LogP contribution in [0.3, 0.4) is 0 Å². The number of hydrogen-bond donors (Lipinski definition) is 1. The third-order valence-corrected chi connectivity index (χ3v) is 4.21. The first-order valence-electron chi connectivity index (χ1n) is 6.29. The number of anilines is 1. The van der Waals surface area contributed by atoms with E-state index in [2.05, 4.69) is 38.5 Å². The Bertz CT molecular complexity index is 741. The molecule has 3 rings (SSSR count). The molecule has 6 heteroatoms. The van der Waals surface area contributed by atoms with E-state index in [4.69, 9.17) is 11.6 Å². The van der Waals surface area contributed by atoms with Gasteiger partial charge in [0.2, 0.25) is 0 Å². The number of halogens is 1. The van der Waals surface area contributed by atoms with Gasteiger partial charge in [0.1, 0.15) is 17.3 Å². The quantitative estimate of drug-likeness (QED) is 0.747. The summed E-state index contributed by atoms with van der Waals surface area (Å²) in [4.78, 5) is 12.5. The molecule has 0 unspecified atom stereocenters. The summed E-state index contributed by atoms with van der Waals surface area (Å²) in [6, 6.07) is 7.98. The molecule has 2 heterocycles. The number of nitrogens with one attached hydrogen (secondary N) is 1. The van der Waals surface area contributed by atoms with E-state index in [1.807, 2.05) is 6.92 Å². The Morgan fingerprint density at radius 1 is 1.30 bits per heavy atom. The number of hydrogen-bond acceptors (Lipinski definition) is 5. The van der Waals surface area contributed by atoms with Crippen LogP contribution in [0.5, 0.6) is 0 Å². The van der Waals surface area contributed by atoms with Crippen LogP contribution in [-0.2, 0) is 6.42 Å². The second-order valence-electron chi connectivity index (χ2n) is 4.40. The summed E-state index contributed by atoms with van der Waals surface area (Å²) in [6.45, 7) is 2.83. The largest absolute Gasteiger partial charge is 0.370 e. The van der Waals surface area contributed by atoms with Crippen LogP contribution in [0.4, 0.5) is 5.82 Å². The summed E-state index contributed by atoms with van der Waals surface area (Å²) in [5.41, 5.74) is 2.39. The summed E-state index contributed by atoms with van der Waals surface area (Å²) in [6.07, 6.45) is 2.37. The molecular weight excluding hydrogens is 292 g/mol. The lowest BCUT2D eigenvalue weighted by molar-refractivity contribution is 1.01. The van der Waals surface area contributed by atoms with E-state index in [-0.39, 0.29) is 0 Å². The minimum Gasteiger partial charge on any atom is -0.370 e. The van der Waals surface area contributed by atoms with E-state index < -0.39 is 0 Å². The lowest BCUT2D eigenvalue weighted by atomic mass is 10.1. The molecule has 0 spiro atoms. The van der Waals surface area contributed by atoms with Crippen molar-refractivity contribution in [3.63, 3.8) is 0 Å². The first-order chi connectivity index (χ1) is 9.72. The van der Waals surface area contributed by atoms with E-state index in [1.54, 1.807) is 17.4 Å². The molecule has 20 heavy (non-hydrogen) atoms. The van der Waals surface area contributed by atoms with Gasteiger partial charge < -0.3 is 5.32 Å². The van der Waals surface area contributed by atoms with Gasteiger partial charge in [0, 0.05) is 12.6 Å². The normalized spacial score (nSPS) is 10.9. The highest BCUT2D eigenvalue weighted by Crippen LogP contribution is 2.25. The molecule has 0 amide bonds. The van der Waals surface area contributed by atoms with Crippen LogP contribution in [0.25, 0.3) is 10.2 Å². The number of thiazole rings is 1. The van der Waals surface area contributed by atoms with Crippen molar-refractivity contribution >= 4 is 39.0 Å². The monoisotopic (exact) mass is 304 g/mol. The van der Waals surface area contributed by atoms with Gasteiger partial charge in [-0.15, -0.1) is 11.3 Å². The molecule has 0 radical (unpaired) electrons. The van der Waals surface area contributed by atoms with Gasteiger partial charge in [-0.1, -0.05) is 23.7 Å². The van der Waals surface area contributed by atoms with Crippen molar-refractivity contribution in [2.45, 2.75) is 13.3 Å². The van der Waals surface area contributed by atoms with Gasteiger partial charge in [0.15, 0.2) is 0 Å². The lowest BCUT2D eigenvalue weighted by Crippen LogP contribution is -2.06. The summed E-state index contributed by atoms with van der Waals surface area (Å²) in [7, 11) is 0. The molecule has 0 saturated heterocycles. The zero-order valence-corrected chi connectivity index (χ0v) is 12.5. The minimum atomic E-state index is 0.447. The molecule has 0 bridgehead atoms. The topological polar surface area (TPSA) is 50.7 Å². The lowest BCUT2D eigenvalue weighted by Gasteiger charge is -2.06. The molecule has 0 atom stereocenters. The van der Waals surface area contributed by atoms with Crippen molar-refractivity contribution in [3.8, 4) is 0 Å². The molecule has 4 nitrogen and oxygen atoms in total. The Labute approximate surface area is 125 Å². The molecule has 0 fully saturated rings. The van der Waals surface area contributed by atoms with E-state index in [0.717, 1.165) is 29.3 Å². The highest BCUT2D eigenvalue weighted by Gasteiger charge is 2.05. The van der Waals surface area contributed by atoms with Crippen molar-refractivity contribution < 1.29 is 0 Å². The first-order valence-corrected chi connectivity index (χ1v) is 7.48. The minimum absolute atomic E-state index is 0.447. The number of rotatable bonds is 4. The van der Waals surface area contributed by atoms with Gasteiger partial charge in [-0.25, -0.2) is 15.0 Å². The number of benzene rings is 1. The molecule has 0 aliphatic rings. The maximum Gasteiger partial charge on any atom is 0.134 e. The van der Waals surface area contributed by atoms with Gasteiger partial charge in [-0.3, -0.25) is 0 Å². The second kappa shape index (κ2) is 5.73. The Kier molecular flexibility index (Phi) is 3.80. The van der Waals surface area contributed by atoms with Crippen LogP contribution in [0.2, 0.25) is 5.15 Å². The van der Waals surface area contributed by atoms with Gasteiger partial charge in [0.25, 0.3) is 0 Å². The summed E-state index contributed by atoms with van der Waals surface area (Å²) < 4.78 is 1.27. The Morgan fingerprint density at radius 3 is 3.05 bits per heavy atom. The zero-order chi connectivity index (χ0) is 13.9. The van der Waals surface area contributed by atoms with Gasteiger partial charge in [0.05, 0.1) is 15.2 Å². The predicted molar refractivity (Wildman–Crippen MR) is 83.6 cm³/mol. The SMILES string of the molecule is Cc1nc2cccc(CCNc3cc(Cl)ncn3)c2s1. The molecule has 1 aromatic carbocycles. The Morgan fingerprint density at radius 2 is 2.20 bits per heavy atom. The van der Waals surface area contributed by atoms with E-state index in [0.29, 0.717) is 5.15 Å². The fourth-order valence-electron chi connectivity index (χ4n) is 2.07. The van der Waals surface area contributed by atoms with Crippen molar-refractivity contribution in [2.24, 2.45) is 0 Å². The maximum atomic E-state index is 5.82. The van der Waals surface area contributed by atoms with Gasteiger partial charge in [-0.05, 0) is 25.0 Å². The van der Waals surface area contributed by atoms with Gasteiger partial charge in [-0.2, -0.15) is 0 Å². The average Bonchev–Trinajstić information content (AvgIpc) is 2.80. The molecule has 0 aliphatic carbocycles. The van der Waals surface area contributed by atoms with Crippen molar-refractivity contribution in [3.05, 3.63) is 46.3 Å². The van der Waals surface area contributed by atoms with E-state index in [9.17, 15) is 0 Å². The molecule has 1 N–H and O–H groups in total. The molecular formula is C14H13ClN4S. The smallest absolute Gasteiger partial charge is 0.134 e. The van der Waals surface area contributed by atoms with Crippen molar-refractivity contribution in [2.75, 3.05) is 11.9 Å². The van der Waals surface area contributed by atoms with Crippen molar-refractivity contribution in [1.29, 1.82) is 0 Å². The average molecular weight is 305 g/mol. The summed E-state index contributed by atoms with van der Waals surface area (Å²) >= 11 is 7.57. The fraction of sp³-hybridized carbons (Fsp3) is 0.214. The Hall–Kier alpha value is -1.72. The molecule has 0 saturated carbocycles.